The summed E-state index contributed by atoms with van der Waals surface area (Å²) in [6.07, 6.45) is 4.75. The summed E-state index contributed by atoms with van der Waals surface area (Å²) in [6, 6.07) is 1.56. The number of carbonyl (C=O) groups excluding carboxylic acids is 1. The summed E-state index contributed by atoms with van der Waals surface area (Å²) in [5.41, 5.74) is 0. The molecule has 2 N–H and O–H groups in total. The van der Waals surface area contributed by atoms with Crippen molar-refractivity contribution in [1.82, 2.24) is 15.5 Å². The van der Waals surface area contributed by atoms with E-state index < -0.39 is 0 Å². The molecule has 104 valence electrons. The highest BCUT2D eigenvalue weighted by Gasteiger charge is 2.32. The van der Waals surface area contributed by atoms with Crippen LogP contribution in [0.4, 0.5) is 0 Å². The third-order valence-electron chi connectivity index (χ3n) is 4.48. The summed E-state index contributed by atoms with van der Waals surface area (Å²) < 4.78 is 0. The molecule has 1 amide bonds. The van der Waals surface area contributed by atoms with Crippen molar-refractivity contribution in [1.29, 1.82) is 0 Å². The first-order valence-electron chi connectivity index (χ1n) is 7.40. The molecule has 0 spiro atoms. The van der Waals surface area contributed by atoms with Gasteiger partial charge in [0.15, 0.2) is 0 Å². The number of hydrogen-bond donors (Lipinski definition) is 2. The average Bonchev–Trinajstić information content (AvgIpc) is 2.68. The van der Waals surface area contributed by atoms with Crippen molar-refractivity contribution >= 4 is 5.91 Å². The molecule has 0 aromatic heterocycles. The number of amides is 1. The summed E-state index contributed by atoms with van der Waals surface area (Å²) in [5, 5.41) is 6.75. The van der Waals surface area contributed by atoms with E-state index in [2.05, 4.69) is 29.4 Å². The minimum absolute atomic E-state index is 0.000139. The zero-order chi connectivity index (χ0) is 13.1. The molecule has 18 heavy (non-hydrogen) atoms. The van der Waals surface area contributed by atoms with Gasteiger partial charge >= 0.3 is 0 Å². The van der Waals surface area contributed by atoms with Crippen LogP contribution in [-0.2, 0) is 4.79 Å². The molecule has 2 fully saturated rings. The SMILES string of the molecule is CCC(C)NC(=O)C(C)N1CCC2CCC(C1)N2. The quantitative estimate of drug-likeness (QED) is 0.789. The maximum Gasteiger partial charge on any atom is 0.237 e. The van der Waals surface area contributed by atoms with Gasteiger partial charge in [0.2, 0.25) is 5.91 Å². The number of rotatable bonds is 4. The predicted octanol–water partition coefficient (Wildman–Crippen LogP) is 1.12. The molecule has 4 heteroatoms. The van der Waals surface area contributed by atoms with Crippen LogP contribution in [0, 0.1) is 0 Å². The highest BCUT2D eigenvalue weighted by molar-refractivity contribution is 5.81. The van der Waals surface area contributed by atoms with E-state index in [-0.39, 0.29) is 18.0 Å². The van der Waals surface area contributed by atoms with Crippen LogP contribution in [0.3, 0.4) is 0 Å². The van der Waals surface area contributed by atoms with E-state index in [9.17, 15) is 4.79 Å². The van der Waals surface area contributed by atoms with Gasteiger partial charge in [0.1, 0.15) is 0 Å². The Hall–Kier alpha value is -0.610. The van der Waals surface area contributed by atoms with Gasteiger partial charge in [-0.25, -0.2) is 0 Å². The van der Waals surface area contributed by atoms with Crippen LogP contribution in [-0.4, -0.2) is 48.1 Å². The maximum atomic E-state index is 12.2. The van der Waals surface area contributed by atoms with Gasteiger partial charge in [0.25, 0.3) is 0 Å². The summed E-state index contributed by atoms with van der Waals surface area (Å²) in [6.45, 7) is 8.27. The topological polar surface area (TPSA) is 44.4 Å². The zero-order valence-corrected chi connectivity index (χ0v) is 11.9. The Morgan fingerprint density at radius 1 is 1.33 bits per heavy atom. The van der Waals surface area contributed by atoms with Crippen LogP contribution in [0.2, 0.25) is 0 Å². The van der Waals surface area contributed by atoms with E-state index in [0.29, 0.717) is 12.1 Å². The fraction of sp³-hybridized carbons (Fsp3) is 0.929. The van der Waals surface area contributed by atoms with E-state index in [0.717, 1.165) is 19.5 Å². The third kappa shape index (κ3) is 3.23. The van der Waals surface area contributed by atoms with Crippen molar-refractivity contribution in [2.75, 3.05) is 13.1 Å². The summed E-state index contributed by atoms with van der Waals surface area (Å²) >= 11 is 0. The van der Waals surface area contributed by atoms with Gasteiger partial charge in [0.05, 0.1) is 6.04 Å². The van der Waals surface area contributed by atoms with Gasteiger partial charge in [-0.1, -0.05) is 6.92 Å². The predicted molar refractivity (Wildman–Crippen MR) is 73.5 cm³/mol. The molecular formula is C14H27N3O. The van der Waals surface area contributed by atoms with Crippen LogP contribution >= 0.6 is 0 Å². The summed E-state index contributed by atoms with van der Waals surface area (Å²) in [4.78, 5) is 14.5. The van der Waals surface area contributed by atoms with Crippen molar-refractivity contribution in [2.24, 2.45) is 0 Å². The Morgan fingerprint density at radius 3 is 2.78 bits per heavy atom. The van der Waals surface area contributed by atoms with Gasteiger partial charge in [-0.3, -0.25) is 9.69 Å². The molecule has 2 saturated heterocycles. The third-order valence-corrected chi connectivity index (χ3v) is 4.48. The Labute approximate surface area is 110 Å². The first kappa shape index (κ1) is 13.8. The number of fused-ring (bicyclic) bond motifs is 2. The lowest BCUT2D eigenvalue weighted by Crippen LogP contribution is -2.49. The number of carbonyl (C=O) groups is 1. The molecule has 4 nitrogen and oxygen atoms in total. The van der Waals surface area contributed by atoms with Crippen molar-refractivity contribution < 1.29 is 4.79 Å². The Balaban J connectivity index is 1.88. The fourth-order valence-electron chi connectivity index (χ4n) is 2.95. The van der Waals surface area contributed by atoms with Crippen LogP contribution in [0.1, 0.15) is 46.5 Å². The van der Waals surface area contributed by atoms with E-state index >= 15 is 0 Å². The Bertz CT molecular complexity index is 295. The summed E-state index contributed by atoms with van der Waals surface area (Å²) in [5.74, 6) is 0.183. The minimum atomic E-state index is 0.000139. The lowest BCUT2D eigenvalue weighted by Gasteiger charge is -2.30. The van der Waals surface area contributed by atoms with E-state index in [1.807, 2.05) is 6.92 Å². The van der Waals surface area contributed by atoms with Crippen molar-refractivity contribution in [2.45, 2.75) is 70.6 Å². The van der Waals surface area contributed by atoms with E-state index in [4.69, 9.17) is 0 Å². The highest BCUT2D eigenvalue weighted by Crippen LogP contribution is 2.21. The molecule has 0 aromatic carbocycles. The molecule has 2 aliphatic heterocycles. The fourth-order valence-corrected chi connectivity index (χ4v) is 2.95. The van der Waals surface area contributed by atoms with Gasteiger partial charge in [-0.05, 0) is 39.5 Å². The van der Waals surface area contributed by atoms with Crippen molar-refractivity contribution in [3.05, 3.63) is 0 Å². The minimum Gasteiger partial charge on any atom is -0.352 e. The number of hydrogen-bond acceptors (Lipinski definition) is 3. The smallest absolute Gasteiger partial charge is 0.237 e. The largest absolute Gasteiger partial charge is 0.352 e. The monoisotopic (exact) mass is 253 g/mol. The van der Waals surface area contributed by atoms with Crippen molar-refractivity contribution in [3.8, 4) is 0 Å². The molecule has 4 unspecified atom stereocenters. The first-order valence-corrected chi connectivity index (χ1v) is 7.40. The van der Waals surface area contributed by atoms with Crippen molar-refractivity contribution in [3.63, 3.8) is 0 Å². The zero-order valence-electron chi connectivity index (χ0n) is 11.9. The molecule has 2 heterocycles. The number of likely N-dealkylation sites (tertiary alicyclic amines) is 1. The first-order chi connectivity index (χ1) is 8.60. The van der Waals surface area contributed by atoms with Gasteiger partial charge in [-0.15, -0.1) is 0 Å². The Morgan fingerprint density at radius 2 is 2.06 bits per heavy atom. The maximum absolute atomic E-state index is 12.2. The second kappa shape index (κ2) is 6.02. The Kier molecular flexibility index (Phi) is 4.62. The van der Waals surface area contributed by atoms with Gasteiger partial charge in [0, 0.05) is 31.2 Å². The number of nitrogens with one attached hydrogen (secondary N) is 2. The number of nitrogens with zero attached hydrogens (tertiary/aromatic N) is 1. The normalized spacial score (nSPS) is 31.7. The van der Waals surface area contributed by atoms with Crippen LogP contribution < -0.4 is 10.6 Å². The summed E-state index contributed by atoms with van der Waals surface area (Å²) in [7, 11) is 0. The molecule has 2 bridgehead atoms. The second-order valence-electron chi connectivity index (χ2n) is 5.92. The molecule has 2 aliphatic rings. The van der Waals surface area contributed by atoms with Gasteiger partial charge in [-0.2, -0.15) is 0 Å². The highest BCUT2D eigenvalue weighted by atomic mass is 16.2. The van der Waals surface area contributed by atoms with Crippen LogP contribution in [0.15, 0.2) is 0 Å². The molecule has 2 rings (SSSR count). The lowest BCUT2D eigenvalue weighted by molar-refractivity contribution is -0.126. The molecule has 0 saturated carbocycles. The standard InChI is InChI=1S/C14H27N3O/c1-4-10(2)15-14(18)11(3)17-8-7-12-5-6-13(9-17)16-12/h10-13,16H,4-9H2,1-3H3,(H,15,18). The van der Waals surface area contributed by atoms with Crippen LogP contribution in [0.25, 0.3) is 0 Å². The average molecular weight is 253 g/mol. The molecular weight excluding hydrogens is 226 g/mol. The molecule has 4 atom stereocenters. The molecule has 0 aromatic rings. The lowest BCUT2D eigenvalue weighted by atomic mass is 10.1. The second-order valence-corrected chi connectivity index (χ2v) is 5.92. The van der Waals surface area contributed by atoms with Crippen LogP contribution in [0.5, 0.6) is 0 Å². The molecule has 0 radical (unpaired) electrons. The molecule has 0 aliphatic carbocycles. The van der Waals surface area contributed by atoms with E-state index in [1.54, 1.807) is 0 Å². The van der Waals surface area contributed by atoms with Gasteiger partial charge < -0.3 is 10.6 Å². The van der Waals surface area contributed by atoms with E-state index in [1.165, 1.54) is 19.3 Å².